The first-order valence-electron chi connectivity index (χ1n) is 5.10. The summed E-state index contributed by atoms with van der Waals surface area (Å²) < 4.78 is 4.99. The van der Waals surface area contributed by atoms with Gasteiger partial charge in [0.05, 0.1) is 12.2 Å². The Hall–Kier alpha value is -0.960. The number of benzene rings is 1. The summed E-state index contributed by atoms with van der Waals surface area (Å²) in [4.78, 5) is 12.7. The van der Waals surface area contributed by atoms with Gasteiger partial charge in [0.25, 0.3) is 0 Å². The number of carbonyl (C=O) groups is 1. The molecule has 0 aliphatic heterocycles. The van der Waals surface area contributed by atoms with Crippen LogP contribution in [0.5, 0.6) is 0 Å². The van der Waals surface area contributed by atoms with Gasteiger partial charge in [0.2, 0.25) is 0 Å². The predicted molar refractivity (Wildman–Crippen MR) is 63.5 cm³/mol. The molecule has 0 N–H and O–H groups in total. The van der Waals surface area contributed by atoms with Gasteiger partial charge in [-0.3, -0.25) is 0 Å². The number of esters is 1. The van der Waals surface area contributed by atoms with Gasteiger partial charge >= 0.3 is 5.97 Å². The van der Waals surface area contributed by atoms with E-state index in [4.69, 9.17) is 4.74 Å². The van der Waals surface area contributed by atoms with Crippen molar-refractivity contribution >= 4 is 17.7 Å². The largest absolute Gasteiger partial charge is 0.462 e. The van der Waals surface area contributed by atoms with Crippen molar-refractivity contribution in [2.24, 2.45) is 0 Å². The maximum absolute atomic E-state index is 11.6. The number of thioether (sulfide) groups is 1. The molecular weight excluding hydrogens is 208 g/mol. The predicted octanol–water partition coefficient (Wildman–Crippen LogP) is 3.28. The maximum Gasteiger partial charge on any atom is 0.338 e. The Labute approximate surface area is 95.0 Å². The molecule has 0 heterocycles. The van der Waals surface area contributed by atoms with Gasteiger partial charge in [-0.15, -0.1) is 11.8 Å². The van der Waals surface area contributed by atoms with E-state index in [-0.39, 0.29) is 5.97 Å². The lowest BCUT2D eigenvalue weighted by atomic mass is 10.1. The van der Waals surface area contributed by atoms with Gasteiger partial charge in [0.1, 0.15) is 0 Å². The van der Waals surface area contributed by atoms with Crippen molar-refractivity contribution in [1.29, 1.82) is 0 Å². The number of hydrogen-bond donors (Lipinski definition) is 0. The molecule has 0 fully saturated rings. The molecule has 0 unspecified atom stereocenters. The summed E-state index contributed by atoms with van der Waals surface area (Å²) in [6.07, 6.45) is 0. The first-order valence-corrected chi connectivity index (χ1v) is 6.08. The van der Waals surface area contributed by atoms with Gasteiger partial charge < -0.3 is 4.74 Å². The molecule has 3 heteroatoms. The van der Waals surface area contributed by atoms with Crippen LogP contribution < -0.4 is 0 Å². The van der Waals surface area contributed by atoms with Crippen LogP contribution in [0.15, 0.2) is 23.1 Å². The summed E-state index contributed by atoms with van der Waals surface area (Å²) in [5.74, 6) is 0.779. The smallest absolute Gasteiger partial charge is 0.338 e. The van der Waals surface area contributed by atoms with Gasteiger partial charge in [0, 0.05) is 4.90 Å². The van der Waals surface area contributed by atoms with E-state index in [2.05, 4.69) is 6.92 Å². The molecule has 0 amide bonds. The lowest BCUT2D eigenvalue weighted by molar-refractivity contribution is 0.0525. The van der Waals surface area contributed by atoms with E-state index >= 15 is 0 Å². The van der Waals surface area contributed by atoms with Crippen molar-refractivity contribution in [2.75, 3.05) is 12.4 Å². The molecule has 0 aliphatic rings. The first kappa shape index (κ1) is 12.1. The second-order valence-electron chi connectivity index (χ2n) is 3.08. The molecule has 0 atom stereocenters. The fraction of sp³-hybridized carbons (Fsp3) is 0.417. The summed E-state index contributed by atoms with van der Waals surface area (Å²) in [5.41, 5.74) is 1.69. The molecule has 0 saturated carbocycles. The highest BCUT2D eigenvalue weighted by molar-refractivity contribution is 7.99. The summed E-state index contributed by atoms with van der Waals surface area (Å²) >= 11 is 1.74. The standard InChI is InChI=1S/C12H16O2S/c1-4-14-12(13)10-7-6-8-11(9(10)3)15-5-2/h6-8H,4-5H2,1-3H3. The third-order valence-electron chi connectivity index (χ3n) is 2.08. The van der Waals surface area contributed by atoms with Crippen LogP contribution in [0.1, 0.15) is 29.8 Å². The number of carbonyl (C=O) groups excluding carboxylic acids is 1. The Balaban J connectivity index is 2.98. The van der Waals surface area contributed by atoms with E-state index in [1.807, 2.05) is 32.0 Å². The fourth-order valence-electron chi connectivity index (χ4n) is 1.36. The van der Waals surface area contributed by atoms with Gasteiger partial charge in [-0.05, 0) is 37.3 Å². The van der Waals surface area contributed by atoms with Crippen LogP contribution in [0, 0.1) is 6.92 Å². The van der Waals surface area contributed by atoms with Crippen LogP contribution in [0.25, 0.3) is 0 Å². The molecule has 0 radical (unpaired) electrons. The average Bonchev–Trinajstić information content (AvgIpc) is 2.22. The quantitative estimate of drug-likeness (QED) is 0.580. The fourth-order valence-corrected chi connectivity index (χ4v) is 2.17. The van der Waals surface area contributed by atoms with Gasteiger partial charge in [0.15, 0.2) is 0 Å². The van der Waals surface area contributed by atoms with E-state index in [0.717, 1.165) is 16.2 Å². The molecule has 0 saturated heterocycles. The van der Waals surface area contributed by atoms with Crippen LogP contribution in [-0.2, 0) is 4.74 Å². The molecule has 1 rings (SSSR count). The molecule has 1 aromatic carbocycles. The monoisotopic (exact) mass is 224 g/mol. The SMILES string of the molecule is CCOC(=O)c1cccc(SCC)c1C. The molecule has 0 spiro atoms. The minimum absolute atomic E-state index is 0.228. The normalized spacial score (nSPS) is 10.1. The molecule has 1 aromatic rings. The third kappa shape index (κ3) is 2.99. The minimum atomic E-state index is -0.228. The van der Waals surface area contributed by atoms with E-state index in [9.17, 15) is 4.79 Å². The van der Waals surface area contributed by atoms with Crippen molar-refractivity contribution in [3.05, 3.63) is 29.3 Å². The highest BCUT2D eigenvalue weighted by Crippen LogP contribution is 2.24. The van der Waals surface area contributed by atoms with Gasteiger partial charge in [-0.25, -0.2) is 4.79 Å². The Kier molecular flexibility index (Phi) is 4.69. The minimum Gasteiger partial charge on any atom is -0.462 e. The number of hydrogen-bond acceptors (Lipinski definition) is 3. The summed E-state index contributed by atoms with van der Waals surface area (Å²) in [5, 5.41) is 0. The molecule has 2 nitrogen and oxygen atoms in total. The van der Waals surface area contributed by atoms with Crippen LogP contribution in [-0.4, -0.2) is 18.3 Å². The Bertz CT molecular complexity index is 347. The summed E-state index contributed by atoms with van der Waals surface area (Å²) in [7, 11) is 0. The van der Waals surface area contributed by atoms with E-state index < -0.39 is 0 Å². The van der Waals surface area contributed by atoms with Gasteiger partial charge in [-0.2, -0.15) is 0 Å². The van der Waals surface area contributed by atoms with Crippen molar-refractivity contribution in [3.8, 4) is 0 Å². The van der Waals surface area contributed by atoms with Crippen LogP contribution in [0.4, 0.5) is 0 Å². The highest BCUT2D eigenvalue weighted by Gasteiger charge is 2.11. The zero-order chi connectivity index (χ0) is 11.3. The third-order valence-corrected chi connectivity index (χ3v) is 3.12. The lowest BCUT2D eigenvalue weighted by Crippen LogP contribution is -2.07. The van der Waals surface area contributed by atoms with Crippen molar-refractivity contribution in [3.63, 3.8) is 0 Å². The highest BCUT2D eigenvalue weighted by atomic mass is 32.2. The Morgan fingerprint density at radius 2 is 2.13 bits per heavy atom. The zero-order valence-corrected chi connectivity index (χ0v) is 10.2. The molecule has 15 heavy (non-hydrogen) atoms. The van der Waals surface area contributed by atoms with Crippen molar-refractivity contribution in [2.45, 2.75) is 25.7 Å². The van der Waals surface area contributed by atoms with Crippen molar-refractivity contribution < 1.29 is 9.53 Å². The molecule has 0 aliphatic carbocycles. The van der Waals surface area contributed by atoms with E-state index in [1.165, 1.54) is 0 Å². The van der Waals surface area contributed by atoms with Gasteiger partial charge in [-0.1, -0.05) is 13.0 Å². The van der Waals surface area contributed by atoms with Crippen LogP contribution in [0.3, 0.4) is 0 Å². The topological polar surface area (TPSA) is 26.3 Å². The Morgan fingerprint density at radius 3 is 2.73 bits per heavy atom. The Morgan fingerprint density at radius 1 is 1.40 bits per heavy atom. The summed E-state index contributed by atoms with van der Waals surface area (Å²) in [6, 6.07) is 5.75. The number of ether oxygens (including phenoxy) is 1. The number of rotatable bonds is 4. The average molecular weight is 224 g/mol. The van der Waals surface area contributed by atoms with Crippen molar-refractivity contribution in [1.82, 2.24) is 0 Å². The van der Waals surface area contributed by atoms with E-state index in [0.29, 0.717) is 12.2 Å². The van der Waals surface area contributed by atoms with Crippen LogP contribution in [0.2, 0.25) is 0 Å². The first-order chi connectivity index (χ1) is 7.20. The maximum atomic E-state index is 11.6. The second kappa shape index (κ2) is 5.81. The molecule has 0 aromatic heterocycles. The second-order valence-corrected chi connectivity index (χ2v) is 4.39. The molecule has 82 valence electrons. The molecular formula is C12H16O2S. The summed E-state index contributed by atoms with van der Waals surface area (Å²) in [6.45, 7) is 6.30. The molecule has 0 bridgehead atoms. The van der Waals surface area contributed by atoms with E-state index in [1.54, 1.807) is 11.8 Å². The zero-order valence-electron chi connectivity index (χ0n) is 9.37. The van der Waals surface area contributed by atoms with Crippen LogP contribution >= 0.6 is 11.8 Å². The lowest BCUT2D eigenvalue weighted by Gasteiger charge is -2.09.